The van der Waals surface area contributed by atoms with E-state index < -0.39 is 0 Å². The smallest absolute Gasteiger partial charge is 0.231 e. The van der Waals surface area contributed by atoms with Crippen LogP contribution < -0.4 is 11.1 Å². The maximum absolute atomic E-state index is 11.8. The van der Waals surface area contributed by atoms with Gasteiger partial charge in [0.1, 0.15) is 0 Å². The summed E-state index contributed by atoms with van der Waals surface area (Å²) < 4.78 is 0. The molecule has 0 aliphatic rings. The van der Waals surface area contributed by atoms with E-state index in [4.69, 9.17) is 5.73 Å². The minimum Gasteiger partial charge on any atom is -0.370 e. The van der Waals surface area contributed by atoms with Crippen LogP contribution in [0.4, 0.5) is 0 Å². The first kappa shape index (κ1) is 18.2. The molecular formula is C19H21BrN2O2. The van der Waals surface area contributed by atoms with Crippen LogP contribution in [0.5, 0.6) is 0 Å². The molecule has 2 amide bonds. The van der Waals surface area contributed by atoms with Gasteiger partial charge in [-0.2, -0.15) is 0 Å². The predicted molar refractivity (Wildman–Crippen MR) is 99.6 cm³/mol. The molecule has 0 bridgehead atoms. The fourth-order valence-corrected chi connectivity index (χ4v) is 2.76. The van der Waals surface area contributed by atoms with Crippen LogP contribution in [0.1, 0.15) is 30.9 Å². The molecule has 0 aliphatic carbocycles. The Hall–Kier alpha value is -2.14. The van der Waals surface area contributed by atoms with E-state index in [-0.39, 0.29) is 23.2 Å². The summed E-state index contributed by atoms with van der Waals surface area (Å²) in [4.78, 5) is 22.8. The number of amides is 2. The number of carbonyl (C=O) groups excluding carboxylic acids is 2. The molecule has 0 radical (unpaired) electrons. The number of hydrogen-bond donors (Lipinski definition) is 2. The lowest BCUT2D eigenvalue weighted by Crippen LogP contribution is -2.29. The van der Waals surface area contributed by atoms with E-state index in [2.05, 4.69) is 39.4 Å². The van der Waals surface area contributed by atoms with Crippen molar-refractivity contribution < 1.29 is 9.59 Å². The Bertz CT molecular complexity index is 689. The zero-order valence-corrected chi connectivity index (χ0v) is 15.0. The first-order chi connectivity index (χ1) is 11.6. The van der Waals surface area contributed by atoms with Gasteiger partial charge in [-0.3, -0.25) is 9.59 Å². The molecule has 2 aromatic rings. The highest BCUT2D eigenvalue weighted by Crippen LogP contribution is 2.25. The van der Waals surface area contributed by atoms with Gasteiger partial charge in [0.15, 0.2) is 0 Å². The van der Waals surface area contributed by atoms with Gasteiger partial charge in [0.2, 0.25) is 11.8 Å². The Kier molecular flexibility index (Phi) is 7.00. The van der Waals surface area contributed by atoms with Crippen LogP contribution in [0.25, 0.3) is 11.1 Å². The van der Waals surface area contributed by atoms with E-state index in [0.717, 1.165) is 16.7 Å². The molecule has 0 aliphatic heterocycles. The third-order valence-electron chi connectivity index (χ3n) is 3.77. The van der Waals surface area contributed by atoms with Crippen LogP contribution in [0.3, 0.4) is 0 Å². The van der Waals surface area contributed by atoms with Gasteiger partial charge in [0.25, 0.3) is 0 Å². The molecular weight excluding hydrogens is 368 g/mol. The van der Waals surface area contributed by atoms with Crippen molar-refractivity contribution in [3.8, 4) is 11.1 Å². The van der Waals surface area contributed by atoms with Gasteiger partial charge in [0, 0.05) is 6.42 Å². The number of halogens is 1. The predicted octanol–water partition coefficient (Wildman–Crippen LogP) is 3.56. The van der Waals surface area contributed by atoms with Gasteiger partial charge in [-0.15, -0.1) is 0 Å². The van der Waals surface area contributed by atoms with Gasteiger partial charge in [-0.1, -0.05) is 64.5 Å². The molecule has 5 heteroatoms. The molecule has 1 atom stereocenters. The summed E-state index contributed by atoms with van der Waals surface area (Å²) in [5.41, 5.74) is 8.46. The average Bonchev–Trinajstić information content (AvgIpc) is 2.61. The summed E-state index contributed by atoms with van der Waals surface area (Å²) in [6.45, 7) is 0. The summed E-state index contributed by atoms with van der Waals surface area (Å²) in [6, 6.07) is 18.1. The lowest BCUT2D eigenvalue weighted by Gasteiger charge is -2.19. The molecule has 126 valence electrons. The molecule has 2 rings (SSSR count). The molecule has 0 fully saturated rings. The molecule has 0 saturated carbocycles. The van der Waals surface area contributed by atoms with Crippen LogP contribution in [0.15, 0.2) is 54.6 Å². The highest BCUT2D eigenvalue weighted by molar-refractivity contribution is 9.09. The van der Waals surface area contributed by atoms with Crippen molar-refractivity contribution in [3.05, 3.63) is 60.2 Å². The minimum absolute atomic E-state index is 0.0795. The van der Waals surface area contributed by atoms with Gasteiger partial charge in [-0.05, 0) is 35.6 Å². The topological polar surface area (TPSA) is 72.2 Å². The van der Waals surface area contributed by atoms with Crippen molar-refractivity contribution in [1.29, 1.82) is 0 Å². The summed E-state index contributed by atoms with van der Waals surface area (Å²) >= 11 is 3.17. The summed E-state index contributed by atoms with van der Waals surface area (Å²) in [5, 5.41) is 3.25. The lowest BCUT2D eigenvalue weighted by atomic mass is 9.96. The standard InChI is InChI=1S/C19H21BrN2O2/c20-13-19(24)22-17(10-5-11-18(21)23)16-9-4-8-15(12-16)14-6-2-1-3-7-14/h1-4,6-9,12,17H,5,10-11,13H2,(H2,21,23)(H,22,24). The van der Waals surface area contributed by atoms with Crippen LogP contribution in [-0.4, -0.2) is 17.1 Å². The second kappa shape index (κ2) is 9.23. The monoisotopic (exact) mass is 388 g/mol. The number of carbonyl (C=O) groups is 2. The van der Waals surface area contributed by atoms with Crippen LogP contribution in [0, 0.1) is 0 Å². The highest BCUT2D eigenvalue weighted by Gasteiger charge is 2.15. The zero-order chi connectivity index (χ0) is 17.4. The summed E-state index contributed by atoms with van der Waals surface area (Å²) in [6.07, 6.45) is 1.62. The normalized spacial score (nSPS) is 11.7. The number of rotatable bonds is 8. The minimum atomic E-state index is -0.321. The molecule has 0 heterocycles. The molecule has 0 saturated heterocycles. The number of hydrogen-bond acceptors (Lipinski definition) is 2. The van der Waals surface area contributed by atoms with E-state index in [1.54, 1.807) is 0 Å². The van der Waals surface area contributed by atoms with Crippen molar-refractivity contribution in [2.24, 2.45) is 5.73 Å². The Labute approximate surface area is 150 Å². The first-order valence-corrected chi connectivity index (χ1v) is 9.01. The Morgan fingerprint density at radius 2 is 1.75 bits per heavy atom. The molecule has 2 aromatic carbocycles. The van der Waals surface area contributed by atoms with Crippen LogP contribution >= 0.6 is 15.9 Å². The van der Waals surface area contributed by atoms with Crippen molar-refractivity contribution in [1.82, 2.24) is 5.32 Å². The maximum atomic E-state index is 11.8. The molecule has 3 N–H and O–H groups in total. The van der Waals surface area contributed by atoms with E-state index in [1.807, 2.05) is 36.4 Å². The first-order valence-electron chi connectivity index (χ1n) is 7.89. The third-order valence-corrected chi connectivity index (χ3v) is 4.28. The molecule has 4 nitrogen and oxygen atoms in total. The number of alkyl halides is 1. The van der Waals surface area contributed by atoms with E-state index in [9.17, 15) is 9.59 Å². The Morgan fingerprint density at radius 1 is 1.04 bits per heavy atom. The SMILES string of the molecule is NC(=O)CCCC(NC(=O)CBr)c1cccc(-c2ccccc2)c1. The number of nitrogens with two attached hydrogens (primary N) is 1. The van der Waals surface area contributed by atoms with E-state index in [1.165, 1.54) is 0 Å². The Balaban J connectivity index is 2.21. The van der Waals surface area contributed by atoms with Gasteiger partial charge in [-0.25, -0.2) is 0 Å². The highest BCUT2D eigenvalue weighted by atomic mass is 79.9. The summed E-state index contributed by atoms with van der Waals surface area (Å²) in [5.74, 6) is -0.400. The quantitative estimate of drug-likeness (QED) is 0.678. The molecule has 0 spiro atoms. The second-order valence-electron chi connectivity index (χ2n) is 5.60. The lowest BCUT2D eigenvalue weighted by molar-refractivity contribution is -0.119. The van der Waals surface area contributed by atoms with Crippen molar-refractivity contribution in [3.63, 3.8) is 0 Å². The number of primary amides is 1. The van der Waals surface area contributed by atoms with Crippen molar-refractivity contribution in [2.75, 3.05) is 5.33 Å². The fourth-order valence-electron chi connectivity index (χ4n) is 2.60. The Morgan fingerprint density at radius 3 is 2.42 bits per heavy atom. The zero-order valence-electron chi connectivity index (χ0n) is 13.4. The molecule has 24 heavy (non-hydrogen) atoms. The maximum Gasteiger partial charge on any atom is 0.231 e. The largest absolute Gasteiger partial charge is 0.370 e. The summed E-state index contributed by atoms with van der Waals surface area (Å²) in [7, 11) is 0. The second-order valence-corrected chi connectivity index (χ2v) is 6.16. The van der Waals surface area contributed by atoms with Crippen molar-refractivity contribution >= 4 is 27.7 Å². The molecule has 0 aromatic heterocycles. The third kappa shape index (κ3) is 5.49. The van der Waals surface area contributed by atoms with E-state index >= 15 is 0 Å². The van der Waals surface area contributed by atoms with Gasteiger partial charge >= 0.3 is 0 Å². The van der Waals surface area contributed by atoms with Crippen LogP contribution in [0.2, 0.25) is 0 Å². The molecule has 1 unspecified atom stereocenters. The van der Waals surface area contributed by atoms with Crippen molar-refractivity contribution in [2.45, 2.75) is 25.3 Å². The number of benzene rings is 2. The fraction of sp³-hybridized carbons (Fsp3) is 0.263. The van der Waals surface area contributed by atoms with Gasteiger partial charge < -0.3 is 11.1 Å². The number of nitrogens with one attached hydrogen (secondary N) is 1. The van der Waals surface area contributed by atoms with Crippen LogP contribution in [-0.2, 0) is 9.59 Å². The van der Waals surface area contributed by atoms with Gasteiger partial charge in [0.05, 0.1) is 11.4 Å². The average molecular weight is 389 g/mol. The van der Waals surface area contributed by atoms with E-state index in [0.29, 0.717) is 19.3 Å².